The number of hydrogen-bond acceptors (Lipinski definition) is 4. The molecule has 0 saturated carbocycles. The van der Waals surface area contributed by atoms with Crippen LogP contribution >= 0.6 is 0 Å². The predicted octanol–water partition coefficient (Wildman–Crippen LogP) is 2.69. The molecule has 96 valence electrons. The Morgan fingerprint density at radius 1 is 1.00 bits per heavy atom. The molecule has 0 saturated heterocycles. The van der Waals surface area contributed by atoms with Crippen LogP contribution in [0.5, 0.6) is 0 Å². The summed E-state index contributed by atoms with van der Waals surface area (Å²) in [6.07, 6.45) is 4.87. The molecule has 1 aromatic carbocycles. The van der Waals surface area contributed by atoms with Gasteiger partial charge >= 0.3 is 0 Å². The van der Waals surface area contributed by atoms with Crippen LogP contribution in [-0.4, -0.2) is 4.98 Å². The van der Waals surface area contributed by atoms with Gasteiger partial charge in [0, 0.05) is 18.6 Å². The van der Waals surface area contributed by atoms with Crippen molar-refractivity contribution in [2.24, 2.45) is 0 Å². The third-order valence-corrected chi connectivity index (χ3v) is 2.81. The molecule has 1 N–H and O–H groups in total. The summed E-state index contributed by atoms with van der Waals surface area (Å²) in [4.78, 5) is 4.00. The lowest BCUT2D eigenvalue weighted by atomic mass is 10.00. The lowest BCUT2D eigenvalue weighted by Crippen LogP contribution is -2.17. The third kappa shape index (κ3) is 3.22. The van der Waals surface area contributed by atoms with E-state index >= 15 is 0 Å². The summed E-state index contributed by atoms with van der Waals surface area (Å²) in [5.74, 6) is 0. The first kappa shape index (κ1) is 13.3. The smallest absolute Gasteiger partial charge is 0.145 e. The Kier molecular flexibility index (Phi) is 4.48. The standard InChI is InChI=1S/C16H12N4/c17-10-13(11-18)12-20-16(14-4-2-1-3-5-14)15-6-8-19-9-7-15/h1-9,12,16,20H. The molecule has 4 heteroatoms. The molecule has 0 spiro atoms. The number of aromatic nitrogens is 1. The lowest BCUT2D eigenvalue weighted by Gasteiger charge is -2.18. The van der Waals surface area contributed by atoms with Crippen LogP contribution in [0.15, 0.2) is 66.6 Å². The Balaban J connectivity index is 2.34. The minimum atomic E-state index is -0.129. The molecule has 2 rings (SSSR count). The van der Waals surface area contributed by atoms with Crippen LogP contribution in [-0.2, 0) is 0 Å². The normalized spacial score (nSPS) is 10.7. The quantitative estimate of drug-likeness (QED) is 0.858. The molecule has 0 amide bonds. The SMILES string of the molecule is N#CC(C#N)=CNC(c1ccccc1)c1ccncc1. The van der Waals surface area contributed by atoms with Crippen molar-refractivity contribution in [3.05, 3.63) is 77.8 Å². The van der Waals surface area contributed by atoms with E-state index in [1.54, 1.807) is 12.4 Å². The molecule has 0 radical (unpaired) electrons. The molecule has 1 aromatic heterocycles. The van der Waals surface area contributed by atoms with E-state index in [-0.39, 0.29) is 11.6 Å². The van der Waals surface area contributed by atoms with Gasteiger partial charge < -0.3 is 5.32 Å². The van der Waals surface area contributed by atoms with Gasteiger partial charge in [-0.05, 0) is 23.3 Å². The number of allylic oxidation sites excluding steroid dienone is 1. The molecule has 0 aliphatic carbocycles. The van der Waals surface area contributed by atoms with Gasteiger partial charge in [0.2, 0.25) is 0 Å². The van der Waals surface area contributed by atoms with Gasteiger partial charge in [-0.2, -0.15) is 10.5 Å². The number of pyridine rings is 1. The summed E-state index contributed by atoms with van der Waals surface area (Å²) in [5, 5.41) is 20.7. The highest BCUT2D eigenvalue weighted by atomic mass is 14.9. The van der Waals surface area contributed by atoms with Crippen LogP contribution in [0.25, 0.3) is 0 Å². The number of nitrogens with zero attached hydrogens (tertiary/aromatic N) is 3. The first-order chi connectivity index (χ1) is 9.85. The van der Waals surface area contributed by atoms with E-state index in [4.69, 9.17) is 10.5 Å². The maximum atomic E-state index is 8.79. The highest BCUT2D eigenvalue weighted by Crippen LogP contribution is 2.21. The van der Waals surface area contributed by atoms with Crippen molar-refractivity contribution in [1.29, 1.82) is 10.5 Å². The van der Waals surface area contributed by atoms with Gasteiger partial charge in [-0.25, -0.2) is 0 Å². The van der Waals surface area contributed by atoms with Gasteiger partial charge in [0.25, 0.3) is 0 Å². The minimum Gasteiger partial charge on any atom is -0.378 e. The number of hydrogen-bond donors (Lipinski definition) is 1. The maximum Gasteiger partial charge on any atom is 0.145 e. The summed E-state index contributed by atoms with van der Waals surface area (Å²) in [6.45, 7) is 0. The van der Waals surface area contributed by atoms with E-state index in [9.17, 15) is 0 Å². The number of nitriles is 2. The van der Waals surface area contributed by atoms with Crippen LogP contribution in [0.2, 0.25) is 0 Å². The van der Waals surface area contributed by atoms with Crippen LogP contribution in [0.3, 0.4) is 0 Å². The third-order valence-electron chi connectivity index (χ3n) is 2.81. The van der Waals surface area contributed by atoms with Gasteiger partial charge in [0.05, 0.1) is 6.04 Å². The first-order valence-electron chi connectivity index (χ1n) is 6.06. The van der Waals surface area contributed by atoms with Crippen molar-refractivity contribution < 1.29 is 0 Å². The Labute approximate surface area is 117 Å². The minimum absolute atomic E-state index is 0.0417. The monoisotopic (exact) mass is 260 g/mol. The molecule has 4 nitrogen and oxygen atoms in total. The zero-order valence-electron chi connectivity index (χ0n) is 10.7. The van der Waals surface area contributed by atoms with Crippen LogP contribution in [0, 0.1) is 22.7 Å². The molecule has 0 fully saturated rings. The van der Waals surface area contributed by atoms with E-state index in [1.807, 2.05) is 54.6 Å². The van der Waals surface area contributed by atoms with Crippen molar-refractivity contribution in [1.82, 2.24) is 10.3 Å². The number of benzene rings is 1. The second-order valence-corrected chi connectivity index (χ2v) is 4.07. The fourth-order valence-corrected chi connectivity index (χ4v) is 1.84. The van der Waals surface area contributed by atoms with Crippen LogP contribution in [0.1, 0.15) is 17.2 Å². The molecule has 1 unspecified atom stereocenters. The number of nitrogens with one attached hydrogen (secondary N) is 1. The second kappa shape index (κ2) is 6.72. The Morgan fingerprint density at radius 2 is 1.60 bits per heavy atom. The average Bonchev–Trinajstić information content (AvgIpc) is 2.53. The fraction of sp³-hybridized carbons (Fsp3) is 0.0625. The molecular weight excluding hydrogens is 248 g/mol. The van der Waals surface area contributed by atoms with Crippen molar-refractivity contribution in [3.8, 4) is 12.1 Å². The average molecular weight is 260 g/mol. The zero-order valence-corrected chi connectivity index (χ0v) is 10.7. The Hall–Kier alpha value is -3.11. The van der Waals surface area contributed by atoms with E-state index < -0.39 is 0 Å². The van der Waals surface area contributed by atoms with Crippen molar-refractivity contribution in [3.63, 3.8) is 0 Å². The Morgan fingerprint density at radius 3 is 2.20 bits per heavy atom. The van der Waals surface area contributed by atoms with E-state index in [0.29, 0.717) is 0 Å². The first-order valence-corrected chi connectivity index (χ1v) is 6.06. The Bertz CT molecular complexity index is 608. The summed E-state index contributed by atoms with van der Waals surface area (Å²) < 4.78 is 0. The van der Waals surface area contributed by atoms with Crippen molar-refractivity contribution in [2.75, 3.05) is 0 Å². The van der Waals surface area contributed by atoms with E-state index in [1.165, 1.54) is 6.20 Å². The summed E-state index contributed by atoms with van der Waals surface area (Å²) in [7, 11) is 0. The molecule has 0 aliphatic rings. The molecule has 0 aliphatic heterocycles. The van der Waals surface area contributed by atoms with Gasteiger partial charge in [0.15, 0.2) is 0 Å². The predicted molar refractivity (Wildman–Crippen MR) is 75.0 cm³/mol. The molecule has 0 bridgehead atoms. The second-order valence-electron chi connectivity index (χ2n) is 4.07. The summed E-state index contributed by atoms with van der Waals surface area (Å²) >= 11 is 0. The van der Waals surface area contributed by atoms with Gasteiger partial charge in [-0.3, -0.25) is 4.98 Å². The van der Waals surface area contributed by atoms with Crippen LogP contribution < -0.4 is 5.32 Å². The topological polar surface area (TPSA) is 72.5 Å². The highest BCUT2D eigenvalue weighted by molar-refractivity contribution is 5.36. The lowest BCUT2D eigenvalue weighted by molar-refractivity contribution is 0.726. The van der Waals surface area contributed by atoms with Crippen molar-refractivity contribution >= 4 is 0 Å². The molecular formula is C16H12N4. The van der Waals surface area contributed by atoms with Crippen molar-refractivity contribution in [2.45, 2.75) is 6.04 Å². The fourth-order valence-electron chi connectivity index (χ4n) is 1.84. The van der Waals surface area contributed by atoms with Crippen LogP contribution in [0.4, 0.5) is 0 Å². The molecule has 1 heterocycles. The largest absolute Gasteiger partial charge is 0.378 e. The number of rotatable bonds is 4. The van der Waals surface area contributed by atoms with Gasteiger partial charge in [0.1, 0.15) is 17.7 Å². The summed E-state index contributed by atoms with van der Waals surface area (Å²) in [6, 6.07) is 17.2. The maximum absolute atomic E-state index is 8.79. The highest BCUT2D eigenvalue weighted by Gasteiger charge is 2.12. The van der Waals surface area contributed by atoms with E-state index in [0.717, 1.165) is 11.1 Å². The molecule has 1 atom stereocenters. The van der Waals surface area contributed by atoms with Gasteiger partial charge in [-0.15, -0.1) is 0 Å². The van der Waals surface area contributed by atoms with E-state index in [2.05, 4.69) is 10.3 Å². The zero-order chi connectivity index (χ0) is 14.2. The van der Waals surface area contributed by atoms with Gasteiger partial charge in [-0.1, -0.05) is 30.3 Å². The summed E-state index contributed by atoms with van der Waals surface area (Å²) in [5.41, 5.74) is 2.10. The molecule has 20 heavy (non-hydrogen) atoms. The molecule has 2 aromatic rings.